The van der Waals surface area contributed by atoms with Crippen molar-refractivity contribution in [3.05, 3.63) is 53.9 Å². The highest BCUT2D eigenvalue weighted by Crippen LogP contribution is 2.29. The zero-order valence-electron chi connectivity index (χ0n) is 14.6. The van der Waals surface area contributed by atoms with E-state index in [-0.39, 0.29) is 5.91 Å². The molecule has 2 heterocycles. The summed E-state index contributed by atoms with van der Waals surface area (Å²) >= 11 is 0. The number of benzene rings is 1. The number of aromatic nitrogens is 1. The average molecular weight is 341 g/mol. The molecule has 1 amide bonds. The van der Waals surface area contributed by atoms with Crippen LogP contribution in [0.1, 0.15) is 16.1 Å². The van der Waals surface area contributed by atoms with Crippen LogP contribution in [0.15, 0.2) is 42.6 Å². The van der Waals surface area contributed by atoms with Crippen LogP contribution in [0.3, 0.4) is 0 Å². The molecule has 0 atom stereocenters. The molecule has 2 aromatic rings. The van der Waals surface area contributed by atoms with Gasteiger partial charge in [0.05, 0.1) is 19.9 Å². The maximum absolute atomic E-state index is 13.0. The summed E-state index contributed by atoms with van der Waals surface area (Å²) in [5.41, 5.74) is 1.54. The fourth-order valence-corrected chi connectivity index (χ4v) is 3.05. The number of hydrogen-bond donors (Lipinski definition) is 0. The Morgan fingerprint density at radius 3 is 2.24 bits per heavy atom. The maximum atomic E-state index is 13.0. The van der Waals surface area contributed by atoms with Gasteiger partial charge in [0.25, 0.3) is 5.91 Å². The monoisotopic (exact) mass is 341 g/mol. The summed E-state index contributed by atoms with van der Waals surface area (Å²) in [5.74, 6) is 1.03. The van der Waals surface area contributed by atoms with Gasteiger partial charge in [0, 0.05) is 38.9 Å². The van der Waals surface area contributed by atoms with Crippen molar-refractivity contribution in [1.82, 2.24) is 14.8 Å². The molecule has 0 spiro atoms. The van der Waals surface area contributed by atoms with Crippen LogP contribution in [0.5, 0.6) is 11.5 Å². The number of pyridine rings is 1. The largest absolute Gasteiger partial charge is 0.496 e. The number of amides is 1. The lowest BCUT2D eigenvalue weighted by molar-refractivity contribution is 0.0620. The predicted molar refractivity (Wildman–Crippen MR) is 95.0 cm³/mol. The minimum Gasteiger partial charge on any atom is -0.496 e. The summed E-state index contributed by atoms with van der Waals surface area (Å²) in [6.45, 7) is 3.79. The van der Waals surface area contributed by atoms with E-state index in [9.17, 15) is 4.79 Å². The second kappa shape index (κ2) is 7.98. The van der Waals surface area contributed by atoms with Crippen molar-refractivity contribution in [2.45, 2.75) is 6.54 Å². The number of piperazine rings is 1. The molecule has 6 heteroatoms. The Bertz CT molecular complexity index is 691. The first kappa shape index (κ1) is 17.2. The molecule has 0 saturated carbocycles. The van der Waals surface area contributed by atoms with Crippen LogP contribution in [-0.4, -0.2) is 61.1 Å². The molecule has 132 valence electrons. The van der Waals surface area contributed by atoms with Gasteiger partial charge in [-0.2, -0.15) is 0 Å². The minimum atomic E-state index is -0.0493. The Labute approximate surface area is 148 Å². The standard InChI is InChI=1S/C19H23N3O3/c1-24-16-7-5-8-17(25-2)18(16)19(23)22-12-10-21(11-13-22)14-15-6-3-4-9-20-15/h3-9H,10-14H2,1-2H3. The maximum Gasteiger partial charge on any atom is 0.261 e. The van der Waals surface area contributed by atoms with Gasteiger partial charge in [-0.25, -0.2) is 0 Å². The van der Waals surface area contributed by atoms with Gasteiger partial charge in [0.15, 0.2) is 0 Å². The molecular formula is C19H23N3O3. The topological polar surface area (TPSA) is 54.9 Å². The molecule has 1 aromatic heterocycles. The summed E-state index contributed by atoms with van der Waals surface area (Å²) in [6.07, 6.45) is 1.81. The van der Waals surface area contributed by atoms with E-state index in [1.165, 1.54) is 0 Å². The predicted octanol–water partition coefficient (Wildman–Crippen LogP) is 2.06. The second-order valence-corrected chi connectivity index (χ2v) is 5.93. The van der Waals surface area contributed by atoms with Gasteiger partial charge in [-0.15, -0.1) is 0 Å². The van der Waals surface area contributed by atoms with E-state index < -0.39 is 0 Å². The fraction of sp³-hybridized carbons (Fsp3) is 0.368. The van der Waals surface area contributed by atoms with Crippen molar-refractivity contribution in [2.24, 2.45) is 0 Å². The summed E-state index contributed by atoms with van der Waals surface area (Å²) in [4.78, 5) is 21.5. The zero-order valence-corrected chi connectivity index (χ0v) is 14.6. The van der Waals surface area contributed by atoms with E-state index >= 15 is 0 Å². The van der Waals surface area contributed by atoms with Gasteiger partial charge in [-0.3, -0.25) is 14.7 Å². The molecule has 0 aliphatic carbocycles. The Morgan fingerprint density at radius 1 is 1.00 bits per heavy atom. The van der Waals surface area contributed by atoms with Crippen LogP contribution in [0.4, 0.5) is 0 Å². The lowest BCUT2D eigenvalue weighted by Gasteiger charge is -2.35. The van der Waals surface area contributed by atoms with Gasteiger partial charge in [-0.05, 0) is 24.3 Å². The number of ether oxygens (including phenoxy) is 2. The molecule has 1 aliphatic rings. The minimum absolute atomic E-state index is 0.0493. The molecule has 0 bridgehead atoms. The molecule has 1 aromatic carbocycles. The van der Waals surface area contributed by atoms with Gasteiger partial charge in [0.2, 0.25) is 0 Å². The highest BCUT2D eigenvalue weighted by atomic mass is 16.5. The lowest BCUT2D eigenvalue weighted by atomic mass is 10.1. The van der Waals surface area contributed by atoms with E-state index in [0.29, 0.717) is 30.2 Å². The number of methoxy groups -OCH3 is 2. The first-order valence-corrected chi connectivity index (χ1v) is 8.35. The number of nitrogens with zero attached hydrogens (tertiary/aromatic N) is 3. The SMILES string of the molecule is COc1cccc(OC)c1C(=O)N1CCN(Cc2ccccn2)CC1. The average Bonchev–Trinajstić information content (AvgIpc) is 2.68. The molecule has 1 saturated heterocycles. The van der Waals surface area contributed by atoms with Crippen LogP contribution in [-0.2, 0) is 6.54 Å². The Kier molecular flexibility index (Phi) is 5.50. The van der Waals surface area contributed by atoms with Crippen molar-refractivity contribution in [1.29, 1.82) is 0 Å². The van der Waals surface area contributed by atoms with Crippen LogP contribution in [0.25, 0.3) is 0 Å². The molecule has 25 heavy (non-hydrogen) atoms. The molecule has 0 N–H and O–H groups in total. The van der Waals surface area contributed by atoms with Crippen LogP contribution < -0.4 is 9.47 Å². The summed E-state index contributed by atoms with van der Waals surface area (Å²) < 4.78 is 10.7. The smallest absolute Gasteiger partial charge is 0.261 e. The lowest BCUT2D eigenvalue weighted by Crippen LogP contribution is -2.48. The highest BCUT2D eigenvalue weighted by molar-refractivity contribution is 5.99. The van der Waals surface area contributed by atoms with Crippen molar-refractivity contribution < 1.29 is 14.3 Å². The number of rotatable bonds is 5. The summed E-state index contributed by atoms with van der Waals surface area (Å²) in [7, 11) is 3.13. The van der Waals surface area contributed by atoms with E-state index in [2.05, 4.69) is 9.88 Å². The molecule has 1 aliphatic heterocycles. The molecule has 6 nitrogen and oxygen atoms in total. The third-order valence-corrected chi connectivity index (χ3v) is 4.41. The molecule has 1 fully saturated rings. The van der Waals surface area contributed by atoms with E-state index in [1.54, 1.807) is 26.4 Å². The first-order valence-electron chi connectivity index (χ1n) is 8.35. The Balaban J connectivity index is 1.66. The van der Waals surface area contributed by atoms with Crippen LogP contribution >= 0.6 is 0 Å². The third-order valence-electron chi connectivity index (χ3n) is 4.41. The number of carbonyl (C=O) groups excluding carboxylic acids is 1. The van der Waals surface area contributed by atoms with E-state index in [0.717, 1.165) is 25.3 Å². The quantitative estimate of drug-likeness (QED) is 0.833. The molecule has 3 rings (SSSR count). The third kappa shape index (κ3) is 3.91. The van der Waals surface area contributed by atoms with E-state index in [1.807, 2.05) is 35.4 Å². The molecular weight excluding hydrogens is 318 g/mol. The van der Waals surface area contributed by atoms with Crippen molar-refractivity contribution in [3.63, 3.8) is 0 Å². The van der Waals surface area contributed by atoms with Gasteiger partial charge < -0.3 is 14.4 Å². The first-order chi connectivity index (χ1) is 12.2. The molecule has 0 unspecified atom stereocenters. The normalized spacial score (nSPS) is 15.0. The van der Waals surface area contributed by atoms with Crippen molar-refractivity contribution in [3.8, 4) is 11.5 Å². The number of hydrogen-bond acceptors (Lipinski definition) is 5. The Morgan fingerprint density at radius 2 is 1.68 bits per heavy atom. The molecule has 0 radical (unpaired) electrons. The van der Waals surface area contributed by atoms with Gasteiger partial charge in [0.1, 0.15) is 17.1 Å². The zero-order chi connectivity index (χ0) is 17.6. The second-order valence-electron chi connectivity index (χ2n) is 5.93. The summed E-state index contributed by atoms with van der Waals surface area (Å²) in [6, 6.07) is 11.3. The van der Waals surface area contributed by atoms with Crippen molar-refractivity contribution >= 4 is 5.91 Å². The summed E-state index contributed by atoms with van der Waals surface area (Å²) in [5, 5.41) is 0. The Hall–Kier alpha value is -2.60. The highest BCUT2D eigenvalue weighted by Gasteiger charge is 2.27. The fourth-order valence-electron chi connectivity index (χ4n) is 3.05. The van der Waals surface area contributed by atoms with Gasteiger partial charge >= 0.3 is 0 Å². The van der Waals surface area contributed by atoms with Gasteiger partial charge in [-0.1, -0.05) is 12.1 Å². The van der Waals surface area contributed by atoms with Crippen LogP contribution in [0.2, 0.25) is 0 Å². The van der Waals surface area contributed by atoms with Crippen LogP contribution in [0, 0.1) is 0 Å². The number of carbonyl (C=O) groups is 1. The van der Waals surface area contributed by atoms with E-state index in [4.69, 9.17) is 9.47 Å². The van der Waals surface area contributed by atoms with Crippen molar-refractivity contribution in [2.75, 3.05) is 40.4 Å².